The second kappa shape index (κ2) is 9.09. The highest BCUT2D eigenvalue weighted by Gasteiger charge is 2.51. The number of nitrogens with zero attached hydrogens (tertiary/aromatic N) is 3. The zero-order chi connectivity index (χ0) is 23.6. The molecule has 0 radical (unpaired) electrons. The van der Waals surface area contributed by atoms with Crippen LogP contribution in [0, 0.1) is 5.82 Å². The molecule has 33 heavy (non-hydrogen) atoms. The van der Waals surface area contributed by atoms with Crippen molar-refractivity contribution in [2.45, 2.75) is 18.9 Å². The number of hydrogen-bond acceptors (Lipinski definition) is 5. The summed E-state index contributed by atoms with van der Waals surface area (Å²) in [6.45, 7) is 3.72. The molecule has 0 aliphatic carbocycles. The first-order chi connectivity index (χ1) is 15.9. The van der Waals surface area contributed by atoms with E-state index in [9.17, 15) is 18.8 Å². The van der Waals surface area contributed by atoms with Crippen molar-refractivity contribution in [3.63, 3.8) is 0 Å². The van der Waals surface area contributed by atoms with Gasteiger partial charge in [-0.1, -0.05) is 19.1 Å². The lowest BCUT2D eigenvalue weighted by Crippen LogP contribution is -2.52. The molecule has 1 atom stereocenters. The van der Waals surface area contributed by atoms with Crippen molar-refractivity contribution in [2.75, 3.05) is 44.7 Å². The predicted octanol–water partition coefficient (Wildman–Crippen LogP) is 2.34. The van der Waals surface area contributed by atoms with Crippen molar-refractivity contribution >= 4 is 23.5 Å². The van der Waals surface area contributed by atoms with E-state index in [1.54, 1.807) is 18.9 Å². The fraction of sp³-hybridized carbons (Fsp3) is 0.375. The van der Waals surface area contributed by atoms with Gasteiger partial charge < -0.3 is 19.9 Å². The summed E-state index contributed by atoms with van der Waals surface area (Å²) in [5.41, 5.74) is 0.245. The van der Waals surface area contributed by atoms with Crippen molar-refractivity contribution in [3.05, 3.63) is 59.9 Å². The maximum atomic E-state index is 13.4. The van der Waals surface area contributed by atoms with Crippen LogP contribution in [0.4, 0.5) is 14.9 Å². The van der Waals surface area contributed by atoms with Crippen LogP contribution in [0.5, 0.6) is 5.75 Å². The van der Waals surface area contributed by atoms with Crippen LogP contribution < -0.4 is 15.0 Å². The third kappa shape index (κ3) is 4.22. The van der Waals surface area contributed by atoms with Gasteiger partial charge >= 0.3 is 6.03 Å². The van der Waals surface area contributed by atoms with Crippen LogP contribution in [0.15, 0.2) is 48.5 Å². The van der Waals surface area contributed by atoms with Gasteiger partial charge in [0.25, 0.3) is 5.91 Å². The molecule has 4 rings (SSSR count). The van der Waals surface area contributed by atoms with Gasteiger partial charge in [0.2, 0.25) is 5.91 Å². The Balaban J connectivity index is 1.39. The number of ether oxygens (including phenoxy) is 1. The third-order valence-corrected chi connectivity index (χ3v) is 6.41. The minimum atomic E-state index is -1.29. The zero-order valence-corrected chi connectivity index (χ0v) is 18.7. The third-order valence-electron chi connectivity index (χ3n) is 6.41. The lowest BCUT2D eigenvalue weighted by molar-refractivity contribution is -0.139. The number of carbonyl (C=O) groups excluding carboxylic acids is 3. The number of methoxy groups -OCH3 is 1. The number of hydrogen-bond donors (Lipinski definition) is 1. The van der Waals surface area contributed by atoms with Crippen LogP contribution in [0.25, 0.3) is 0 Å². The number of imide groups is 1. The van der Waals surface area contributed by atoms with Crippen LogP contribution in [-0.2, 0) is 15.1 Å². The highest BCUT2D eigenvalue weighted by atomic mass is 19.1. The van der Waals surface area contributed by atoms with Crippen LogP contribution in [0.1, 0.15) is 18.9 Å². The maximum Gasteiger partial charge on any atom is 0.325 e. The van der Waals surface area contributed by atoms with E-state index in [1.807, 2.05) is 24.3 Å². The largest absolute Gasteiger partial charge is 0.497 e. The normalized spacial score (nSPS) is 20.8. The molecule has 174 valence electrons. The molecule has 2 saturated heterocycles. The van der Waals surface area contributed by atoms with Gasteiger partial charge in [-0.25, -0.2) is 9.18 Å². The van der Waals surface area contributed by atoms with Gasteiger partial charge in [0, 0.05) is 31.9 Å². The Hall–Kier alpha value is -3.62. The van der Waals surface area contributed by atoms with E-state index < -0.39 is 23.3 Å². The topological polar surface area (TPSA) is 82.2 Å². The Labute approximate surface area is 191 Å². The number of piperazine rings is 1. The summed E-state index contributed by atoms with van der Waals surface area (Å²) in [6, 6.07) is 12.6. The molecular formula is C24H27FN4O4. The summed E-state index contributed by atoms with van der Waals surface area (Å²) in [5, 5.41) is 2.72. The number of halogens is 1. The van der Waals surface area contributed by atoms with Crippen molar-refractivity contribution in [1.29, 1.82) is 0 Å². The predicted molar refractivity (Wildman–Crippen MR) is 120 cm³/mol. The summed E-state index contributed by atoms with van der Waals surface area (Å²) >= 11 is 0. The van der Waals surface area contributed by atoms with Crippen LogP contribution in [0.3, 0.4) is 0 Å². The van der Waals surface area contributed by atoms with E-state index in [0.29, 0.717) is 31.7 Å². The molecule has 2 aliphatic rings. The molecular weight excluding hydrogens is 427 g/mol. The molecule has 2 fully saturated rings. The Morgan fingerprint density at radius 3 is 2.24 bits per heavy atom. The molecule has 2 aromatic carbocycles. The van der Waals surface area contributed by atoms with Crippen LogP contribution in [-0.4, -0.2) is 67.5 Å². The first kappa shape index (κ1) is 22.6. The SMILES string of the molecule is CCC1(c2ccc(F)cc2)NC(=O)N(CC(=O)N2CCN(c3ccc(OC)cc3)CC2)C1=O. The minimum absolute atomic E-state index is 0.279. The average Bonchev–Trinajstić information content (AvgIpc) is 3.09. The molecule has 2 aliphatic heterocycles. The fourth-order valence-corrected chi connectivity index (χ4v) is 4.39. The number of rotatable bonds is 6. The van der Waals surface area contributed by atoms with E-state index >= 15 is 0 Å². The average molecular weight is 455 g/mol. The van der Waals surface area contributed by atoms with Gasteiger partial charge in [0.15, 0.2) is 0 Å². The molecule has 0 bridgehead atoms. The molecule has 1 N–H and O–H groups in total. The van der Waals surface area contributed by atoms with Crippen molar-refractivity contribution in [1.82, 2.24) is 15.1 Å². The second-order valence-corrected chi connectivity index (χ2v) is 8.15. The number of amides is 4. The quantitative estimate of drug-likeness (QED) is 0.678. The minimum Gasteiger partial charge on any atom is -0.497 e. The Morgan fingerprint density at radius 1 is 1.03 bits per heavy atom. The van der Waals surface area contributed by atoms with E-state index in [-0.39, 0.29) is 18.9 Å². The Bertz CT molecular complexity index is 1040. The summed E-state index contributed by atoms with van der Waals surface area (Å²) in [6.07, 6.45) is 0.286. The molecule has 2 heterocycles. The monoisotopic (exact) mass is 454 g/mol. The molecule has 0 saturated carbocycles. The Morgan fingerprint density at radius 2 is 1.67 bits per heavy atom. The van der Waals surface area contributed by atoms with Gasteiger partial charge in [-0.15, -0.1) is 0 Å². The smallest absolute Gasteiger partial charge is 0.325 e. The Kier molecular flexibility index (Phi) is 6.22. The fourth-order valence-electron chi connectivity index (χ4n) is 4.39. The van der Waals surface area contributed by atoms with Gasteiger partial charge in [-0.3, -0.25) is 14.5 Å². The first-order valence-electron chi connectivity index (χ1n) is 10.9. The van der Waals surface area contributed by atoms with Gasteiger partial charge in [0.1, 0.15) is 23.7 Å². The second-order valence-electron chi connectivity index (χ2n) is 8.15. The van der Waals surface area contributed by atoms with Crippen molar-refractivity contribution in [3.8, 4) is 5.75 Å². The van der Waals surface area contributed by atoms with E-state index in [4.69, 9.17) is 4.74 Å². The van der Waals surface area contributed by atoms with Gasteiger partial charge in [0.05, 0.1) is 7.11 Å². The van der Waals surface area contributed by atoms with Crippen LogP contribution >= 0.6 is 0 Å². The highest BCUT2D eigenvalue weighted by Crippen LogP contribution is 2.32. The summed E-state index contributed by atoms with van der Waals surface area (Å²) < 4.78 is 18.5. The number of anilines is 1. The van der Waals surface area contributed by atoms with Gasteiger partial charge in [-0.2, -0.15) is 0 Å². The standard InChI is InChI=1S/C24H27FN4O4/c1-3-24(17-4-6-18(25)7-5-17)22(31)29(23(32)26-24)16-21(30)28-14-12-27(13-15-28)19-8-10-20(33-2)11-9-19/h4-11H,3,12-16H2,1-2H3,(H,26,32). The molecule has 0 spiro atoms. The molecule has 4 amide bonds. The maximum absolute atomic E-state index is 13.4. The highest BCUT2D eigenvalue weighted by molar-refractivity contribution is 6.09. The van der Waals surface area contributed by atoms with Crippen LogP contribution in [0.2, 0.25) is 0 Å². The molecule has 1 unspecified atom stereocenters. The molecule has 8 nitrogen and oxygen atoms in total. The van der Waals surface area contributed by atoms with Crippen molar-refractivity contribution in [2.24, 2.45) is 0 Å². The van der Waals surface area contributed by atoms with Crippen molar-refractivity contribution < 1.29 is 23.5 Å². The molecule has 0 aromatic heterocycles. The summed E-state index contributed by atoms with van der Waals surface area (Å²) in [4.78, 5) is 43.6. The zero-order valence-electron chi connectivity index (χ0n) is 18.7. The number of urea groups is 1. The van der Waals surface area contributed by atoms with Gasteiger partial charge in [-0.05, 0) is 48.4 Å². The molecule has 9 heteroatoms. The molecule has 2 aromatic rings. The van der Waals surface area contributed by atoms with E-state index in [2.05, 4.69) is 10.2 Å². The summed E-state index contributed by atoms with van der Waals surface area (Å²) in [5.74, 6) is -0.418. The van der Waals surface area contributed by atoms with E-state index in [1.165, 1.54) is 24.3 Å². The van der Waals surface area contributed by atoms with E-state index in [0.717, 1.165) is 16.3 Å². The first-order valence-corrected chi connectivity index (χ1v) is 10.9. The number of carbonyl (C=O) groups is 3. The lowest BCUT2D eigenvalue weighted by atomic mass is 9.87. The lowest BCUT2D eigenvalue weighted by Gasteiger charge is -2.36. The summed E-state index contributed by atoms with van der Waals surface area (Å²) in [7, 11) is 1.62. The number of benzene rings is 2. The number of nitrogens with one attached hydrogen (secondary N) is 1.